The molecule has 0 saturated heterocycles. The van der Waals surface area contributed by atoms with Gasteiger partial charge in [-0.05, 0) is 6.08 Å². The molecule has 4 heteroatoms. The first-order valence-corrected chi connectivity index (χ1v) is 3.66. The van der Waals surface area contributed by atoms with Gasteiger partial charge in [0.05, 0.1) is 7.11 Å². The van der Waals surface area contributed by atoms with Crippen LogP contribution in [0.25, 0.3) is 0 Å². The van der Waals surface area contributed by atoms with Gasteiger partial charge < -0.3 is 9.47 Å². The summed E-state index contributed by atoms with van der Waals surface area (Å²) in [6, 6.07) is 0. The van der Waals surface area contributed by atoms with Crippen molar-refractivity contribution in [1.82, 2.24) is 0 Å². The summed E-state index contributed by atoms with van der Waals surface area (Å²) in [5.41, 5.74) is 0. The van der Waals surface area contributed by atoms with E-state index in [-0.39, 0.29) is 0 Å². The van der Waals surface area contributed by atoms with Crippen molar-refractivity contribution in [1.29, 1.82) is 0 Å². The Kier molecular flexibility index (Phi) is 5.27. The van der Waals surface area contributed by atoms with E-state index in [1.54, 1.807) is 0 Å². The van der Waals surface area contributed by atoms with Crippen LogP contribution in [0.2, 0.25) is 0 Å². The average Bonchev–Trinajstić information content (AvgIpc) is 2.10. The van der Waals surface area contributed by atoms with Gasteiger partial charge in [0.15, 0.2) is 0 Å². The van der Waals surface area contributed by atoms with Crippen LogP contribution in [0.15, 0.2) is 24.8 Å². The number of carbonyl (C=O) groups excluding carboxylic acids is 2. The van der Waals surface area contributed by atoms with E-state index in [9.17, 15) is 9.59 Å². The van der Waals surface area contributed by atoms with Crippen molar-refractivity contribution in [2.75, 3.05) is 7.11 Å². The van der Waals surface area contributed by atoms with Gasteiger partial charge in [-0.25, -0.2) is 4.79 Å². The molecule has 1 atom stereocenters. The number of allylic oxidation sites excluding steroid dienone is 2. The molecular formula is C9H12O4. The lowest BCUT2D eigenvalue weighted by Crippen LogP contribution is -2.25. The van der Waals surface area contributed by atoms with Crippen molar-refractivity contribution < 1.29 is 19.1 Å². The Morgan fingerprint density at radius 3 is 2.46 bits per heavy atom. The molecular weight excluding hydrogens is 172 g/mol. The molecule has 0 aliphatic heterocycles. The Morgan fingerprint density at radius 2 is 2.08 bits per heavy atom. The molecule has 0 rings (SSSR count). The molecule has 4 nitrogen and oxygen atoms in total. The second-order valence-corrected chi connectivity index (χ2v) is 2.17. The zero-order chi connectivity index (χ0) is 10.3. The lowest BCUT2D eigenvalue weighted by Gasteiger charge is -2.09. The highest BCUT2D eigenvalue weighted by molar-refractivity contribution is 5.80. The van der Waals surface area contributed by atoms with Crippen LogP contribution in [0.5, 0.6) is 0 Å². The van der Waals surface area contributed by atoms with Gasteiger partial charge in [0.25, 0.3) is 0 Å². The lowest BCUT2D eigenvalue weighted by atomic mass is 10.3. The van der Waals surface area contributed by atoms with Crippen LogP contribution in [0, 0.1) is 0 Å². The van der Waals surface area contributed by atoms with Crippen LogP contribution < -0.4 is 0 Å². The maximum Gasteiger partial charge on any atom is 0.351 e. The first-order valence-electron chi connectivity index (χ1n) is 3.66. The number of hydrogen-bond acceptors (Lipinski definition) is 4. The Balaban J connectivity index is 4.35. The third-order valence-corrected chi connectivity index (χ3v) is 1.15. The van der Waals surface area contributed by atoms with E-state index in [1.165, 1.54) is 32.3 Å². The molecule has 0 aromatic heterocycles. The summed E-state index contributed by atoms with van der Waals surface area (Å²) in [7, 11) is 1.22. The molecule has 0 heterocycles. The van der Waals surface area contributed by atoms with Crippen molar-refractivity contribution in [3.05, 3.63) is 24.8 Å². The number of hydrogen-bond donors (Lipinski definition) is 0. The molecule has 0 N–H and O–H groups in total. The molecule has 0 spiro atoms. The monoisotopic (exact) mass is 184 g/mol. The number of rotatable bonds is 4. The normalized spacial score (nSPS) is 12.2. The van der Waals surface area contributed by atoms with Crippen LogP contribution in [-0.2, 0) is 19.1 Å². The maximum absolute atomic E-state index is 11.0. The molecule has 13 heavy (non-hydrogen) atoms. The molecule has 1 unspecified atom stereocenters. The molecule has 0 saturated carbocycles. The SMILES string of the molecule is C=CC=CC(OC(C)=O)C(=O)OC. The van der Waals surface area contributed by atoms with E-state index in [1.807, 2.05) is 0 Å². The summed E-state index contributed by atoms with van der Waals surface area (Å²) >= 11 is 0. The third kappa shape index (κ3) is 4.79. The third-order valence-electron chi connectivity index (χ3n) is 1.15. The smallest absolute Gasteiger partial charge is 0.351 e. The second-order valence-electron chi connectivity index (χ2n) is 2.17. The quantitative estimate of drug-likeness (QED) is 0.479. The van der Waals surface area contributed by atoms with Crippen LogP contribution in [0.4, 0.5) is 0 Å². The fourth-order valence-electron chi connectivity index (χ4n) is 0.640. The zero-order valence-corrected chi connectivity index (χ0v) is 7.65. The van der Waals surface area contributed by atoms with Gasteiger partial charge in [-0.1, -0.05) is 18.7 Å². The van der Waals surface area contributed by atoms with Crippen molar-refractivity contribution in [3.8, 4) is 0 Å². The van der Waals surface area contributed by atoms with Gasteiger partial charge in [-0.2, -0.15) is 0 Å². The average molecular weight is 184 g/mol. The zero-order valence-electron chi connectivity index (χ0n) is 7.65. The minimum atomic E-state index is -0.986. The van der Waals surface area contributed by atoms with Crippen LogP contribution in [0.3, 0.4) is 0 Å². The summed E-state index contributed by atoms with van der Waals surface area (Å²) in [5, 5.41) is 0. The molecule has 0 fully saturated rings. The molecule has 0 amide bonds. The van der Waals surface area contributed by atoms with Gasteiger partial charge in [0, 0.05) is 6.92 Å². The molecule has 0 aromatic carbocycles. The number of methoxy groups -OCH3 is 1. The van der Waals surface area contributed by atoms with E-state index in [4.69, 9.17) is 0 Å². The van der Waals surface area contributed by atoms with Crippen molar-refractivity contribution in [2.24, 2.45) is 0 Å². The highest BCUT2D eigenvalue weighted by atomic mass is 16.6. The van der Waals surface area contributed by atoms with Crippen LogP contribution in [-0.4, -0.2) is 25.2 Å². The highest BCUT2D eigenvalue weighted by Gasteiger charge is 2.18. The van der Waals surface area contributed by atoms with E-state index < -0.39 is 18.0 Å². The van der Waals surface area contributed by atoms with Crippen LogP contribution >= 0.6 is 0 Å². The topological polar surface area (TPSA) is 52.6 Å². The number of carbonyl (C=O) groups is 2. The highest BCUT2D eigenvalue weighted by Crippen LogP contribution is 1.98. The van der Waals surface area contributed by atoms with Crippen molar-refractivity contribution >= 4 is 11.9 Å². The minimum absolute atomic E-state index is 0.538. The molecule has 0 aromatic rings. The van der Waals surface area contributed by atoms with Gasteiger partial charge >= 0.3 is 11.9 Å². The molecule has 0 aliphatic carbocycles. The van der Waals surface area contributed by atoms with Crippen molar-refractivity contribution in [2.45, 2.75) is 13.0 Å². The predicted molar refractivity (Wildman–Crippen MR) is 46.9 cm³/mol. The van der Waals surface area contributed by atoms with Gasteiger partial charge in [-0.15, -0.1) is 0 Å². The fourth-order valence-corrected chi connectivity index (χ4v) is 0.640. The molecule has 0 bridgehead atoms. The van der Waals surface area contributed by atoms with E-state index in [2.05, 4.69) is 16.1 Å². The minimum Gasteiger partial charge on any atom is -0.466 e. The Bertz CT molecular complexity index is 230. The van der Waals surface area contributed by atoms with E-state index in [0.717, 1.165) is 0 Å². The van der Waals surface area contributed by atoms with Gasteiger partial charge in [0.1, 0.15) is 0 Å². The number of ether oxygens (including phenoxy) is 2. The first-order chi connectivity index (χ1) is 6.11. The Morgan fingerprint density at radius 1 is 1.46 bits per heavy atom. The summed E-state index contributed by atoms with van der Waals surface area (Å²) in [6.07, 6.45) is 3.38. The summed E-state index contributed by atoms with van der Waals surface area (Å²) in [4.78, 5) is 21.5. The Labute approximate surface area is 76.8 Å². The number of esters is 2. The molecule has 0 radical (unpaired) electrons. The molecule has 0 aliphatic rings. The van der Waals surface area contributed by atoms with E-state index in [0.29, 0.717) is 0 Å². The van der Waals surface area contributed by atoms with Gasteiger partial charge in [-0.3, -0.25) is 4.79 Å². The summed E-state index contributed by atoms with van der Waals surface area (Å²) < 4.78 is 9.07. The second kappa shape index (κ2) is 5.99. The maximum atomic E-state index is 11.0. The Hall–Kier alpha value is -1.58. The first kappa shape index (κ1) is 11.4. The summed E-state index contributed by atoms with van der Waals surface area (Å²) in [6.45, 7) is 4.64. The van der Waals surface area contributed by atoms with Crippen molar-refractivity contribution in [3.63, 3.8) is 0 Å². The molecule has 72 valence electrons. The summed E-state index contributed by atoms with van der Waals surface area (Å²) in [5.74, 6) is -1.16. The van der Waals surface area contributed by atoms with E-state index >= 15 is 0 Å². The lowest BCUT2D eigenvalue weighted by molar-refractivity contribution is -0.161. The van der Waals surface area contributed by atoms with Gasteiger partial charge in [0.2, 0.25) is 6.10 Å². The predicted octanol–water partition coefficient (Wildman–Crippen LogP) is 0.833. The van der Waals surface area contributed by atoms with Crippen LogP contribution in [0.1, 0.15) is 6.92 Å². The largest absolute Gasteiger partial charge is 0.466 e. The fraction of sp³-hybridized carbons (Fsp3) is 0.333. The standard InChI is InChI=1S/C9H12O4/c1-4-5-6-8(9(11)12-3)13-7(2)10/h4-6,8H,1H2,2-3H3.